The lowest BCUT2D eigenvalue weighted by molar-refractivity contribution is -0.116. The van der Waals surface area contributed by atoms with Gasteiger partial charge < -0.3 is 10.4 Å². The van der Waals surface area contributed by atoms with Crippen LogP contribution in [-0.4, -0.2) is 32.0 Å². The van der Waals surface area contributed by atoms with Crippen LogP contribution in [-0.2, 0) is 11.3 Å². The standard InChI is InChI=1S/C12H12N4O3/c1-8-4-2-3-5-9(8)13-11(17)7-16-6-10(12(18)19)14-15-16/h2-6H,7H2,1H3,(H,13,17)(H,18,19). The second kappa shape index (κ2) is 5.30. The number of benzene rings is 1. The highest BCUT2D eigenvalue weighted by Crippen LogP contribution is 2.12. The second-order valence-corrected chi connectivity index (χ2v) is 3.97. The van der Waals surface area contributed by atoms with Crippen LogP contribution in [0.3, 0.4) is 0 Å². The minimum Gasteiger partial charge on any atom is -0.476 e. The van der Waals surface area contributed by atoms with Gasteiger partial charge in [-0.1, -0.05) is 23.4 Å². The molecule has 19 heavy (non-hydrogen) atoms. The number of nitrogens with one attached hydrogen (secondary N) is 1. The van der Waals surface area contributed by atoms with Gasteiger partial charge in [0.05, 0.1) is 6.20 Å². The van der Waals surface area contributed by atoms with E-state index in [-0.39, 0.29) is 18.1 Å². The van der Waals surface area contributed by atoms with Crippen molar-refractivity contribution < 1.29 is 14.7 Å². The third-order valence-electron chi connectivity index (χ3n) is 2.48. The normalized spacial score (nSPS) is 10.2. The fourth-order valence-electron chi connectivity index (χ4n) is 1.52. The summed E-state index contributed by atoms with van der Waals surface area (Å²) >= 11 is 0. The number of hydrogen-bond acceptors (Lipinski definition) is 4. The van der Waals surface area contributed by atoms with E-state index in [0.717, 1.165) is 5.56 Å². The van der Waals surface area contributed by atoms with Gasteiger partial charge in [-0.25, -0.2) is 9.48 Å². The monoisotopic (exact) mass is 260 g/mol. The Morgan fingerprint density at radius 2 is 2.11 bits per heavy atom. The van der Waals surface area contributed by atoms with Crippen molar-refractivity contribution in [2.75, 3.05) is 5.32 Å². The first-order valence-corrected chi connectivity index (χ1v) is 5.55. The van der Waals surface area contributed by atoms with Crippen LogP contribution >= 0.6 is 0 Å². The van der Waals surface area contributed by atoms with Crippen molar-refractivity contribution in [3.8, 4) is 0 Å². The van der Waals surface area contributed by atoms with Crippen molar-refractivity contribution in [1.82, 2.24) is 15.0 Å². The maximum Gasteiger partial charge on any atom is 0.358 e. The fraction of sp³-hybridized carbons (Fsp3) is 0.167. The van der Waals surface area contributed by atoms with E-state index < -0.39 is 5.97 Å². The van der Waals surface area contributed by atoms with Gasteiger partial charge in [0.1, 0.15) is 6.54 Å². The van der Waals surface area contributed by atoms with Crippen molar-refractivity contribution in [2.45, 2.75) is 13.5 Å². The Hall–Kier alpha value is -2.70. The molecule has 7 nitrogen and oxygen atoms in total. The third-order valence-corrected chi connectivity index (χ3v) is 2.48. The van der Waals surface area contributed by atoms with Crippen LogP contribution in [0.2, 0.25) is 0 Å². The van der Waals surface area contributed by atoms with E-state index in [4.69, 9.17) is 5.11 Å². The SMILES string of the molecule is Cc1ccccc1NC(=O)Cn1cc(C(=O)O)nn1. The average molecular weight is 260 g/mol. The van der Waals surface area contributed by atoms with E-state index in [0.29, 0.717) is 5.69 Å². The number of aromatic nitrogens is 3. The molecule has 7 heteroatoms. The van der Waals surface area contributed by atoms with Gasteiger partial charge in [0.2, 0.25) is 5.91 Å². The lowest BCUT2D eigenvalue weighted by atomic mass is 10.2. The first-order valence-electron chi connectivity index (χ1n) is 5.55. The van der Waals surface area contributed by atoms with Crippen molar-refractivity contribution >= 4 is 17.6 Å². The predicted molar refractivity (Wildman–Crippen MR) is 66.8 cm³/mol. The quantitative estimate of drug-likeness (QED) is 0.852. The number of amides is 1. The van der Waals surface area contributed by atoms with Crippen LogP contribution in [0.15, 0.2) is 30.5 Å². The topological polar surface area (TPSA) is 97.1 Å². The molecule has 2 rings (SSSR count). The van der Waals surface area contributed by atoms with Crippen molar-refractivity contribution in [3.63, 3.8) is 0 Å². The van der Waals surface area contributed by atoms with Crippen molar-refractivity contribution in [2.24, 2.45) is 0 Å². The smallest absolute Gasteiger partial charge is 0.358 e. The van der Waals surface area contributed by atoms with Crippen LogP contribution in [0.4, 0.5) is 5.69 Å². The molecule has 1 amide bonds. The maximum atomic E-state index is 11.8. The van der Waals surface area contributed by atoms with Gasteiger partial charge in [-0.15, -0.1) is 5.10 Å². The molecule has 0 radical (unpaired) electrons. The molecule has 2 N–H and O–H groups in total. The molecule has 0 aliphatic carbocycles. The van der Waals surface area contributed by atoms with E-state index in [1.165, 1.54) is 10.9 Å². The number of aromatic carboxylic acids is 1. The van der Waals surface area contributed by atoms with Crippen molar-refractivity contribution in [1.29, 1.82) is 0 Å². The lowest BCUT2D eigenvalue weighted by Crippen LogP contribution is -2.19. The summed E-state index contributed by atoms with van der Waals surface area (Å²) in [5.74, 6) is -1.47. The number of anilines is 1. The first-order chi connectivity index (χ1) is 9.06. The fourth-order valence-corrected chi connectivity index (χ4v) is 1.52. The zero-order valence-electron chi connectivity index (χ0n) is 10.2. The number of hydrogen-bond donors (Lipinski definition) is 2. The Morgan fingerprint density at radius 3 is 2.74 bits per heavy atom. The highest BCUT2D eigenvalue weighted by atomic mass is 16.4. The molecule has 0 saturated heterocycles. The number of carboxylic acid groups (broad SMARTS) is 1. The predicted octanol–water partition coefficient (Wildman–Crippen LogP) is 0.923. The van der Waals surface area contributed by atoms with Crippen LogP contribution in [0.5, 0.6) is 0 Å². The molecule has 1 aromatic heterocycles. The minimum absolute atomic E-state index is 0.0887. The summed E-state index contributed by atoms with van der Waals surface area (Å²) in [6, 6.07) is 7.37. The molecule has 98 valence electrons. The number of nitrogens with zero attached hydrogens (tertiary/aromatic N) is 3. The lowest BCUT2D eigenvalue weighted by Gasteiger charge is -2.07. The summed E-state index contributed by atoms with van der Waals surface area (Å²) < 4.78 is 1.18. The van der Waals surface area contributed by atoms with Crippen LogP contribution in [0.1, 0.15) is 16.1 Å². The molecule has 0 saturated carbocycles. The Bertz CT molecular complexity index is 621. The van der Waals surface area contributed by atoms with E-state index in [9.17, 15) is 9.59 Å². The molecule has 0 unspecified atom stereocenters. The Kier molecular flexibility index (Phi) is 3.56. The van der Waals surface area contributed by atoms with Gasteiger partial charge in [-0.3, -0.25) is 4.79 Å². The average Bonchev–Trinajstić information content (AvgIpc) is 2.80. The second-order valence-electron chi connectivity index (χ2n) is 3.97. The zero-order valence-corrected chi connectivity index (χ0v) is 10.2. The number of para-hydroxylation sites is 1. The molecular formula is C12H12N4O3. The molecular weight excluding hydrogens is 248 g/mol. The summed E-state index contributed by atoms with van der Waals surface area (Å²) in [6.45, 7) is 1.79. The van der Waals surface area contributed by atoms with Gasteiger partial charge in [-0.2, -0.15) is 0 Å². The van der Waals surface area contributed by atoms with Crippen LogP contribution in [0.25, 0.3) is 0 Å². The van der Waals surface area contributed by atoms with Gasteiger partial charge in [0, 0.05) is 5.69 Å². The zero-order chi connectivity index (χ0) is 13.8. The molecule has 0 bridgehead atoms. The van der Waals surface area contributed by atoms with Crippen LogP contribution in [0, 0.1) is 6.92 Å². The summed E-state index contributed by atoms with van der Waals surface area (Å²) in [4.78, 5) is 22.4. The van der Waals surface area contributed by atoms with E-state index >= 15 is 0 Å². The highest BCUT2D eigenvalue weighted by molar-refractivity contribution is 5.91. The molecule has 0 spiro atoms. The minimum atomic E-state index is -1.18. The van der Waals surface area contributed by atoms with E-state index in [1.807, 2.05) is 25.1 Å². The summed E-state index contributed by atoms with van der Waals surface area (Å²) in [6.07, 6.45) is 1.21. The Labute approximate surface area is 108 Å². The summed E-state index contributed by atoms with van der Waals surface area (Å²) in [7, 11) is 0. The Morgan fingerprint density at radius 1 is 1.37 bits per heavy atom. The summed E-state index contributed by atoms with van der Waals surface area (Å²) in [5, 5.41) is 18.4. The molecule has 0 aliphatic rings. The molecule has 1 heterocycles. The number of carboxylic acids is 1. The van der Waals surface area contributed by atoms with Gasteiger partial charge in [0.25, 0.3) is 0 Å². The third kappa shape index (κ3) is 3.15. The first kappa shape index (κ1) is 12.7. The number of carbonyl (C=O) groups excluding carboxylic acids is 1. The van der Waals surface area contributed by atoms with Gasteiger partial charge in [-0.05, 0) is 18.6 Å². The number of rotatable bonds is 4. The van der Waals surface area contributed by atoms with Gasteiger partial charge >= 0.3 is 5.97 Å². The van der Waals surface area contributed by atoms with E-state index in [1.54, 1.807) is 6.07 Å². The molecule has 0 fully saturated rings. The van der Waals surface area contributed by atoms with E-state index in [2.05, 4.69) is 15.6 Å². The maximum absolute atomic E-state index is 11.8. The largest absolute Gasteiger partial charge is 0.476 e. The van der Waals surface area contributed by atoms with Gasteiger partial charge in [0.15, 0.2) is 5.69 Å². The highest BCUT2D eigenvalue weighted by Gasteiger charge is 2.11. The Balaban J connectivity index is 2.01. The molecule has 0 atom stereocenters. The van der Waals surface area contributed by atoms with Crippen LogP contribution < -0.4 is 5.32 Å². The summed E-state index contributed by atoms with van der Waals surface area (Å²) in [5.41, 5.74) is 1.47. The number of aryl methyl sites for hydroxylation is 1. The molecule has 1 aromatic carbocycles. The number of carbonyl (C=O) groups is 2. The van der Waals surface area contributed by atoms with Crippen molar-refractivity contribution in [3.05, 3.63) is 41.7 Å². The molecule has 0 aliphatic heterocycles. The molecule has 2 aromatic rings.